The normalized spacial score (nSPS) is 15.7. The number of nitrogens with zero attached hydrogens (tertiary/aromatic N) is 3. The summed E-state index contributed by atoms with van der Waals surface area (Å²) in [7, 11) is 0. The van der Waals surface area contributed by atoms with Gasteiger partial charge in [0, 0.05) is 24.3 Å². The summed E-state index contributed by atoms with van der Waals surface area (Å²) in [6.07, 6.45) is 5.49. The lowest BCUT2D eigenvalue weighted by molar-refractivity contribution is 0.361. The van der Waals surface area contributed by atoms with Crippen LogP contribution < -0.4 is 16.0 Å². The highest BCUT2D eigenvalue weighted by molar-refractivity contribution is 5.61. The molecule has 0 aliphatic carbocycles. The molecule has 2 aromatic heterocycles. The van der Waals surface area contributed by atoms with E-state index in [9.17, 15) is 0 Å². The fourth-order valence-electron chi connectivity index (χ4n) is 3.15. The fourth-order valence-corrected chi connectivity index (χ4v) is 3.15. The quantitative estimate of drug-likeness (QED) is 0.737. The molecule has 0 spiro atoms. The van der Waals surface area contributed by atoms with E-state index >= 15 is 0 Å². The molecule has 26 heavy (non-hydrogen) atoms. The van der Waals surface area contributed by atoms with Gasteiger partial charge in [-0.25, -0.2) is 4.98 Å². The van der Waals surface area contributed by atoms with Gasteiger partial charge in [0.25, 0.3) is 0 Å². The third-order valence-corrected chi connectivity index (χ3v) is 4.46. The van der Waals surface area contributed by atoms with Gasteiger partial charge in [-0.15, -0.1) is 0 Å². The molecule has 1 fully saturated rings. The zero-order valence-electron chi connectivity index (χ0n) is 16.0. The van der Waals surface area contributed by atoms with Crippen molar-refractivity contribution in [1.82, 2.24) is 20.3 Å². The van der Waals surface area contributed by atoms with Gasteiger partial charge in [-0.3, -0.25) is 4.98 Å². The Morgan fingerprint density at radius 2 is 1.92 bits per heavy atom. The maximum absolute atomic E-state index is 4.65. The highest BCUT2D eigenvalue weighted by Gasteiger charge is 2.15. The number of nitrogens with one attached hydrogen (secondary N) is 3. The van der Waals surface area contributed by atoms with E-state index in [1.165, 1.54) is 19.3 Å². The molecule has 3 rings (SSSR count). The SMILES string of the molecule is CC(C)(C)Nc1nc(NCCC2CCNCC2)cc(-c2ccccn2)n1. The van der Waals surface area contributed by atoms with Crippen molar-refractivity contribution >= 4 is 11.8 Å². The molecule has 0 aromatic carbocycles. The van der Waals surface area contributed by atoms with Gasteiger partial charge < -0.3 is 16.0 Å². The van der Waals surface area contributed by atoms with Crippen molar-refractivity contribution in [2.24, 2.45) is 5.92 Å². The number of hydrogen-bond acceptors (Lipinski definition) is 6. The summed E-state index contributed by atoms with van der Waals surface area (Å²) in [5.41, 5.74) is 1.58. The number of anilines is 2. The van der Waals surface area contributed by atoms with E-state index < -0.39 is 0 Å². The van der Waals surface area contributed by atoms with Crippen LogP contribution in [0, 0.1) is 5.92 Å². The highest BCUT2D eigenvalue weighted by Crippen LogP contribution is 2.22. The van der Waals surface area contributed by atoms with Crippen LogP contribution in [-0.2, 0) is 0 Å². The first-order valence-corrected chi connectivity index (χ1v) is 9.53. The molecule has 6 nitrogen and oxygen atoms in total. The lowest BCUT2D eigenvalue weighted by atomic mass is 9.95. The minimum absolute atomic E-state index is 0.102. The zero-order valence-corrected chi connectivity index (χ0v) is 16.0. The monoisotopic (exact) mass is 354 g/mol. The van der Waals surface area contributed by atoms with Gasteiger partial charge in [0.2, 0.25) is 5.95 Å². The van der Waals surface area contributed by atoms with Crippen LogP contribution in [0.15, 0.2) is 30.5 Å². The van der Waals surface area contributed by atoms with E-state index in [-0.39, 0.29) is 5.54 Å². The summed E-state index contributed by atoms with van der Waals surface area (Å²) >= 11 is 0. The Morgan fingerprint density at radius 3 is 2.62 bits per heavy atom. The van der Waals surface area contributed by atoms with Gasteiger partial charge in [0.15, 0.2) is 0 Å². The van der Waals surface area contributed by atoms with Crippen LogP contribution in [0.3, 0.4) is 0 Å². The topological polar surface area (TPSA) is 74.8 Å². The maximum Gasteiger partial charge on any atom is 0.225 e. The van der Waals surface area contributed by atoms with Gasteiger partial charge in [0.1, 0.15) is 5.82 Å². The number of piperidine rings is 1. The van der Waals surface area contributed by atoms with Crippen molar-refractivity contribution in [2.45, 2.75) is 45.6 Å². The molecule has 140 valence electrons. The Bertz CT molecular complexity index is 689. The van der Waals surface area contributed by atoms with Crippen LogP contribution in [0.5, 0.6) is 0 Å². The first-order valence-electron chi connectivity index (χ1n) is 9.53. The zero-order chi connectivity index (χ0) is 18.4. The van der Waals surface area contributed by atoms with Gasteiger partial charge in [0.05, 0.1) is 11.4 Å². The van der Waals surface area contributed by atoms with Crippen molar-refractivity contribution in [3.8, 4) is 11.4 Å². The Morgan fingerprint density at radius 1 is 1.12 bits per heavy atom. The molecule has 1 aliphatic rings. The predicted molar refractivity (Wildman–Crippen MR) is 107 cm³/mol. The molecule has 0 bridgehead atoms. The Kier molecular flexibility index (Phi) is 6.04. The largest absolute Gasteiger partial charge is 0.370 e. The molecule has 0 amide bonds. The second-order valence-corrected chi connectivity index (χ2v) is 7.96. The maximum atomic E-state index is 4.65. The number of rotatable bonds is 6. The lowest BCUT2D eigenvalue weighted by Crippen LogP contribution is -2.29. The molecule has 1 aliphatic heterocycles. The molecule has 0 unspecified atom stereocenters. The molecule has 6 heteroatoms. The number of pyridine rings is 1. The van der Waals surface area contributed by atoms with Crippen LogP contribution >= 0.6 is 0 Å². The van der Waals surface area contributed by atoms with Crippen LogP contribution in [0.4, 0.5) is 11.8 Å². The van der Waals surface area contributed by atoms with Crippen LogP contribution in [0.25, 0.3) is 11.4 Å². The summed E-state index contributed by atoms with van der Waals surface area (Å²) in [5, 5.41) is 10.3. The molecule has 0 radical (unpaired) electrons. The van der Waals surface area contributed by atoms with E-state index in [1.54, 1.807) is 6.20 Å². The summed E-state index contributed by atoms with van der Waals surface area (Å²) in [6.45, 7) is 9.53. The van der Waals surface area contributed by atoms with Gasteiger partial charge in [-0.1, -0.05) is 6.07 Å². The summed E-state index contributed by atoms with van der Waals surface area (Å²) in [5.74, 6) is 2.28. The van der Waals surface area contributed by atoms with E-state index in [0.29, 0.717) is 5.95 Å². The molecular formula is C20H30N6. The van der Waals surface area contributed by atoms with E-state index in [0.717, 1.165) is 42.8 Å². The molecule has 3 N–H and O–H groups in total. The van der Waals surface area contributed by atoms with E-state index in [2.05, 4.69) is 51.7 Å². The predicted octanol–water partition coefficient (Wildman–Crippen LogP) is 3.55. The molecule has 3 heterocycles. The second-order valence-electron chi connectivity index (χ2n) is 7.96. The Hall–Kier alpha value is -2.21. The Labute approximate surface area is 156 Å². The second kappa shape index (κ2) is 8.45. The first kappa shape index (κ1) is 18.6. The molecule has 1 saturated heterocycles. The average Bonchev–Trinajstić information content (AvgIpc) is 2.62. The number of aromatic nitrogens is 3. The highest BCUT2D eigenvalue weighted by atomic mass is 15.2. The lowest BCUT2D eigenvalue weighted by Gasteiger charge is -2.23. The minimum atomic E-state index is -0.102. The van der Waals surface area contributed by atoms with E-state index in [4.69, 9.17) is 0 Å². The van der Waals surface area contributed by atoms with Crippen LogP contribution in [0.2, 0.25) is 0 Å². The Balaban J connectivity index is 1.73. The van der Waals surface area contributed by atoms with Crippen LogP contribution in [0.1, 0.15) is 40.0 Å². The molecular weight excluding hydrogens is 324 g/mol. The molecule has 2 aromatic rings. The molecule has 0 saturated carbocycles. The van der Waals surface area contributed by atoms with Crippen molar-refractivity contribution in [1.29, 1.82) is 0 Å². The average molecular weight is 355 g/mol. The summed E-state index contributed by atoms with van der Waals surface area (Å²) in [4.78, 5) is 13.7. The van der Waals surface area contributed by atoms with Gasteiger partial charge in [-0.2, -0.15) is 4.98 Å². The smallest absolute Gasteiger partial charge is 0.225 e. The standard InChI is InChI=1S/C20H30N6/c1-20(2,3)26-19-24-17(16-6-4-5-10-22-16)14-18(25-19)23-13-9-15-7-11-21-12-8-15/h4-6,10,14-15,21H,7-9,11-13H2,1-3H3,(H2,23,24,25,26). The van der Waals surface area contributed by atoms with Crippen molar-refractivity contribution in [3.05, 3.63) is 30.5 Å². The third-order valence-electron chi connectivity index (χ3n) is 4.46. The first-order chi connectivity index (χ1) is 12.5. The van der Waals surface area contributed by atoms with Crippen molar-refractivity contribution in [2.75, 3.05) is 30.3 Å². The van der Waals surface area contributed by atoms with E-state index in [1.807, 2.05) is 24.3 Å². The van der Waals surface area contributed by atoms with Crippen LogP contribution in [-0.4, -0.2) is 40.1 Å². The van der Waals surface area contributed by atoms with Gasteiger partial charge >= 0.3 is 0 Å². The summed E-state index contributed by atoms with van der Waals surface area (Å²) in [6, 6.07) is 7.85. The number of hydrogen-bond donors (Lipinski definition) is 3. The van der Waals surface area contributed by atoms with Crippen molar-refractivity contribution in [3.63, 3.8) is 0 Å². The third kappa shape index (κ3) is 5.66. The minimum Gasteiger partial charge on any atom is -0.370 e. The molecule has 0 atom stereocenters. The summed E-state index contributed by atoms with van der Waals surface area (Å²) < 4.78 is 0. The van der Waals surface area contributed by atoms with Crippen molar-refractivity contribution < 1.29 is 0 Å². The fraction of sp³-hybridized carbons (Fsp3) is 0.550. The van der Waals surface area contributed by atoms with Gasteiger partial charge in [-0.05, 0) is 71.2 Å².